The molecule has 2 atom stereocenters. The number of fused-ring (bicyclic) bond motifs is 12. The lowest BCUT2D eigenvalue weighted by Gasteiger charge is -2.22. The summed E-state index contributed by atoms with van der Waals surface area (Å²) in [6.45, 7) is 4.27. The number of methoxy groups -OCH3 is 2. The van der Waals surface area contributed by atoms with E-state index in [2.05, 4.69) is 30.2 Å². The predicted molar refractivity (Wildman–Crippen MR) is 263 cm³/mol. The highest BCUT2D eigenvalue weighted by atomic mass is 32.2. The number of anilines is 3. The number of nitrogen functional groups attached to an aromatic ring is 1. The number of allylic oxidation sites excluding steroid dienone is 4. The van der Waals surface area contributed by atoms with Crippen molar-refractivity contribution in [1.82, 2.24) is 48.6 Å². The van der Waals surface area contributed by atoms with Gasteiger partial charge in [-0.25, -0.2) is 43.6 Å². The number of nitrogens with two attached hydrogens (primary N) is 1. The molecule has 0 spiro atoms. The minimum absolute atomic E-state index is 0.157. The van der Waals surface area contributed by atoms with Crippen LogP contribution in [0.1, 0.15) is 50.9 Å². The van der Waals surface area contributed by atoms with E-state index in [0.717, 1.165) is 17.1 Å². The van der Waals surface area contributed by atoms with Crippen LogP contribution in [-0.4, -0.2) is 79.3 Å². The summed E-state index contributed by atoms with van der Waals surface area (Å²) in [6.07, 6.45) is 15.2. The van der Waals surface area contributed by atoms with Gasteiger partial charge in [-0.2, -0.15) is 4.98 Å². The molecule has 0 fully saturated rings. The third-order valence-electron chi connectivity index (χ3n) is 11.4. The molecule has 8 aromatic rings. The third-order valence-corrected chi connectivity index (χ3v) is 12.0. The molecule has 2 aliphatic heterocycles. The first-order valence-corrected chi connectivity index (χ1v) is 23.0. The highest BCUT2D eigenvalue weighted by molar-refractivity contribution is 7.98. The quantitative estimate of drug-likeness (QED) is 0.0601. The Balaban J connectivity index is 0.000000158. The maximum Gasteiger partial charge on any atom is 0.278 e. The second-order valence-corrected chi connectivity index (χ2v) is 17.2. The largest absolute Gasteiger partial charge is 0.497 e. The molecular formula is C49H52N12O6S. The van der Waals surface area contributed by atoms with E-state index in [9.17, 15) is 19.8 Å². The van der Waals surface area contributed by atoms with E-state index in [1.54, 1.807) is 71.2 Å². The number of aliphatic hydroxyl groups is 2. The smallest absolute Gasteiger partial charge is 0.278 e. The van der Waals surface area contributed by atoms with Crippen molar-refractivity contribution < 1.29 is 19.7 Å². The number of benzene rings is 2. The van der Waals surface area contributed by atoms with Crippen LogP contribution in [-0.2, 0) is 24.3 Å². The molecule has 0 aliphatic carbocycles. The summed E-state index contributed by atoms with van der Waals surface area (Å²) >= 11 is 1.42. The van der Waals surface area contributed by atoms with Gasteiger partial charge < -0.3 is 30.7 Å². The maximum atomic E-state index is 13.2. The van der Waals surface area contributed by atoms with Crippen LogP contribution in [0.2, 0.25) is 0 Å². The van der Waals surface area contributed by atoms with Gasteiger partial charge in [0.05, 0.1) is 38.7 Å². The first-order valence-electron chi connectivity index (χ1n) is 21.8. The van der Waals surface area contributed by atoms with Crippen molar-refractivity contribution in [2.45, 2.75) is 69.0 Å². The summed E-state index contributed by atoms with van der Waals surface area (Å²) in [5.74, 6) is 2.89. The van der Waals surface area contributed by atoms with Gasteiger partial charge in [0, 0.05) is 35.9 Å². The molecular weight excluding hydrogens is 885 g/mol. The van der Waals surface area contributed by atoms with Crippen LogP contribution in [0.25, 0.3) is 33.7 Å². The van der Waals surface area contributed by atoms with Gasteiger partial charge in [0.15, 0.2) is 28.1 Å². The molecule has 0 radical (unpaired) electrons. The number of rotatable bonds is 5. The van der Waals surface area contributed by atoms with Crippen molar-refractivity contribution in [3.63, 3.8) is 0 Å². The van der Waals surface area contributed by atoms with Crippen LogP contribution in [0, 0.1) is 0 Å². The SMILES string of the molecule is COc1cccc(N)c1.COc1cccc(Nc2ncc3c(=O)n4n(c3n2)-c2cccc(n2)[C@](C)(O)CC/C=C\C4)c1.CSc1ncc2c(=O)n3n(c2n1)-c1cccc(n1)[C@](C)(O)CC/C=C\C3. The van der Waals surface area contributed by atoms with E-state index in [1.807, 2.05) is 97.3 Å². The topological polar surface area (TPSA) is 228 Å². The molecule has 0 unspecified atom stereocenters. The van der Waals surface area contributed by atoms with Crippen molar-refractivity contribution in [2.75, 3.05) is 31.5 Å². The molecule has 350 valence electrons. The van der Waals surface area contributed by atoms with Crippen LogP contribution < -0.4 is 31.6 Å². The lowest BCUT2D eigenvalue weighted by molar-refractivity contribution is 0.0439. The summed E-state index contributed by atoms with van der Waals surface area (Å²) in [7, 11) is 3.22. The number of ether oxygens (including phenoxy) is 2. The minimum atomic E-state index is -1.09. The first kappa shape index (κ1) is 46.9. The Morgan fingerprint density at radius 2 is 1.18 bits per heavy atom. The van der Waals surface area contributed by atoms with Gasteiger partial charge in [-0.1, -0.05) is 60.3 Å². The molecule has 4 bridgehead atoms. The summed E-state index contributed by atoms with van der Waals surface area (Å²) in [4.78, 5) is 53.2. The summed E-state index contributed by atoms with van der Waals surface area (Å²) in [6, 6.07) is 25.6. The molecule has 68 heavy (non-hydrogen) atoms. The van der Waals surface area contributed by atoms with Crippen molar-refractivity contribution in [1.29, 1.82) is 0 Å². The van der Waals surface area contributed by atoms with Crippen LogP contribution in [0.4, 0.5) is 17.3 Å². The van der Waals surface area contributed by atoms with Crippen molar-refractivity contribution >= 4 is 51.2 Å². The minimum Gasteiger partial charge on any atom is -0.497 e. The lowest BCUT2D eigenvalue weighted by atomic mass is 9.95. The molecule has 2 aromatic carbocycles. The molecule has 19 heteroatoms. The normalized spacial score (nSPS) is 18.5. The Kier molecular flexibility index (Phi) is 13.9. The van der Waals surface area contributed by atoms with Gasteiger partial charge in [-0.3, -0.25) is 9.59 Å². The zero-order valence-electron chi connectivity index (χ0n) is 38.3. The molecule has 5 N–H and O–H groups in total. The lowest BCUT2D eigenvalue weighted by Crippen LogP contribution is -2.24. The predicted octanol–water partition coefficient (Wildman–Crippen LogP) is 6.82. The van der Waals surface area contributed by atoms with E-state index in [1.165, 1.54) is 18.0 Å². The first-order chi connectivity index (χ1) is 32.8. The Hall–Kier alpha value is -7.61. The average molecular weight is 937 g/mol. The average Bonchev–Trinajstić information content (AvgIpc) is 3.78. The van der Waals surface area contributed by atoms with Gasteiger partial charge in [0.1, 0.15) is 33.5 Å². The third kappa shape index (κ3) is 10.0. The van der Waals surface area contributed by atoms with Crippen molar-refractivity contribution in [3.8, 4) is 23.1 Å². The van der Waals surface area contributed by atoms with Crippen LogP contribution in [0.3, 0.4) is 0 Å². The fraction of sp³-hybridized carbons (Fsp3) is 0.265. The number of hydrogen-bond acceptors (Lipinski definition) is 15. The second kappa shape index (κ2) is 20.1. The number of pyridine rings is 2. The maximum absolute atomic E-state index is 13.2. The van der Waals surface area contributed by atoms with E-state index < -0.39 is 11.2 Å². The number of aromatic nitrogens is 10. The van der Waals surface area contributed by atoms with Gasteiger partial charge in [-0.15, -0.1) is 0 Å². The standard InChI is InChI=1S/C24H24N6O3.C18H19N5O2S.C7H9NO/c1-24(32)12-4-3-5-13-29-22(31)18-15-25-23(26-16-8-6-9-17(14-16)33-2)28-21(18)30(29)20-11-7-10-19(24)27-20;1-18(25)9-4-3-5-10-22-16(24)12-11-19-17(26-2)21-15(12)23(22)14-8-6-7-13(18)20-14;1-9-7-4-2-3-6(8)5-7/h3,5-11,14-15,32H,4,12-13H2,1-2H3,(H,25,26,28);3,5-8,11,25H,4,9-10H2,1-2H3;2-5H,8H2,1H3/b2*5-3-;/t24-;18-;/m11./s1. The molecule has 2 aliphatic rings. The summed E-state index contributed by atoms with van der Waals surface area (Å²) in [5, 5.41) is 26.3. The highest BCUT2D eigenvalue weighted by Crippen LogP contribution is 2.29. The molecule has 0 amide bonds. The molecule has 10 rings (SSSR count). The van der Waals surface area contributed by atoms with Crippen LogP contribution in [0.5, 0.6) is 11.5 Å². The number of thioether (sulfide) groups is 1. The second-order valence-electron chi connectivity index (χ2n) is 16.4. The molecule has 18 nitrogen and oxygen atoms in total. The zero-order valence-corrected chi connectivity index (χ0v) is 39.1. The monoisotopic (exact) mass is 936 g/mol. The fourth-order valence-electron chi connectivity index (χ4n) is 7.72. The Morgan fingerprint density at radius 1 is 0.662 bits per heavy atom. The Labute approximate surface area is 395 Å². The molecule has 0 saturated carbocycles. The van der Waals surface area contributed by atoms with Crippen molar-refractivity contribution in [3.05, 3.63) is 154 Å². The number of nitrogens with one attached hydrogen (secondary N) is 1. The van der Waals surface area contributed by atoms with Gasteiger partial charge in [0.2, 0.25) is 5.95 Å². The highest BCUT2D eigenvalue weighted by Gasteiger charge is 2.28. The molecule has 8 heterocycles. The Bertz CT molecular complexity index is 3280. The van der Waals surface area contributed by atoms with Gasteiger partial charge in [-0.05, 0) is 94.3 Å². The Morgan fingerprint density at radius 3 is 1.71 bits per heavy atom. The summed E-state index contributed by atoms with van der Waals surface area (Å²) < 4.78 is 16.8. The van der Waals surface area contributed by atoms with Crippen LogP contribution in [0.15, 0.2) is 136 Å². The fourth-order valence-corrected chi connectivity index (χ4v) is 8.05. The van der Waals surface area contributed by atoms with Crippen molar-refractivity contribution in [2.24, 2.45) is 0 Å². The van der Waals surface area contributed by atoms with E-state index in [0.29, 0.717) is 101 Å². The number of nitrogens with zero attached hydrogens (tertiary/aromatic N) is 10. The van der Waals surface area contributed by atoms with E-state index in [-0.39, 0.29) is 11.1 Å². The number of hydrogen-bond donors (Lipinski definition) is 4. The summed E-state index contributed by atoms with van der Waals surface area (Å²) in [5.41, 5.74) is 6.51. The molecule has 0 saturated heterocycles. The zero-order chi connectivity index (χ0) is 48.0. The van der Waals surface area contributed by atoms with E-state index >= 15 is 0 Å². The van der Waals surface area contributed by atoms with Gasteiger partial charge in [0.25, 0.3) is 11.1 Å². The van der Waals surface area contributed by atoms with Crippen LogP contribution >= 0.6 is 11.8 Å². The van der Waals surface area contributed by atoms with Gasteiger partial charge >= 0.3 is 0 Å². The van der Waals surface area contributed by atoms with E-state index in [4.69, 9.17) is 20.2 Å². The molecule has 6 aromatic heterocycles.